The van der Waals surface area contributed by atoms with Gasteiger partial charge < -0.3 is 30.2 Å². The SMILES string of the molecule is C[C@H]1CN(c2c(NC(=O)c3ccc(F)c(-c4c(F)cccc4F)n3)cnc3c2CCC3O)C[C@@H](NC(=O)OC(C)(C)C)[C@@H]1C=O. The quantitative estimate of drug-likeness (QED) is 0.328. The molecule has 2 aromatic heterocycles. The van der Waals surface area contributed by atoms with Gasteiger partial charge in [-0.25, -0.2) is 22.9 Å². The molecule has 3 heterocycles. The van der Waals surface area contributed by atoms with Gasteiger partial charge in [-0.05, 0) is 63.8 Å². The van der Waals surface area contributed by atoms with Crippen LogP contribution in [0.4, 0.5) is 29.3 Å². The maximum atomic E-state index is 14.7. The number of aldehydes is 1. The Morgan fingerprint density at radius 2 is 1.80 bits per heavy atom. The lowest BCUT2D eigenvalue weighted by Crippen LogP contribution is -2.57. The summed E-state index contributed by atoms with van der Waals surface area (Å²) in [5, 5.41) is 16.1. The number of piperidine rings is 1. The number of aliphatic hydroxyl groups excluding tert-OH is 1. The van der Waals surface area contributed by atoms with Crippen LogP contribution in [0.15, 0.2) is 36.5 Å². The minimum absolute atomic E-state index is 0.175. The molecule has 1 unspecified atom stereocenters. The van der Waals surface area contributed by atoms with Crippen molar-refractivity contribution < 1.29 is 37.4 Å². The number of nitrogens with one attached hydrogen (secondary N) is 2. The molecule has 45 heavy (non-hydrogen) atoms. The molecule has 0 radical (unpaired) electrons. The van der Waals surface area contributed by atoms with Gasteiger partial charge in [-0.1, -0.05) is 13.0 Å². The van der Waals surface area contributed by atoms with Crippen molar-refractivity contribution in [1.29, 1.82) is 0 Å². The van der Waals surface area contributed by atoms with Gasteiger partial charge in [-0.3, -0.25) is 9.78 Å². The summed E-state index contributed by atoms with van der Waals surface area (Å²) in [7, 11) is 0. The maximum Gasteiger partial charge on any atom is 0.407 e. The normalized spacial score (nSPS) is 21.2. The molecule has 13 heteroatoms. The van der Waals surface area contributed by atoms with E-state index in [2.05, 4.69) is 20.6 Å². The smallest absolute Gasteiger partial charge is 0.407 e. The van der Waals surface area contributed by atoms with E-state index in [1.54, 1.807) is 20.8 Å². The summed E-state index contributed by atoms with van der Waals surface area (Å²) in [6, 6.07) is 4.41. The Morgan fingerprint density at radius 3 is 2.47 bits per heavy atom. The van der Waals surface area contributed by atoms with Gasteiger partial charge in [0.05, 0.1) is 41.0 Å². The number of aliphatic hydroxyl groups is 1. The molecule has 3 N–H and O–H groups in total. The molecule has 0 saturated carbocycles. The third kappa shape index (κ3) is 6.63. The Kier molecular flexibility index (Phi) is 8.83. The molecule has 10 nitrogen and oxygen atoms in total. The molecule has 2 aliphatic rings. The van der Waals surface area contributed by atoms with Crippen molar-refractivity contribution in [2.75, 3.05) is 23.3 Å². The second-order valence-electron chi connectivity index (χ2n) is 12.4. The third-order valence-electron chi connectivity index (χ3n) is 7.92. The van der Waals surface area contributed by atoms with E-state index >= 15 is 0 Å². The van der Waals surface area contributed by atoms with E-state index in [1.807, 2.05) is 11.8 Å². The minimum atomic E-state index is -1.04. The number of benzene rings is 1. The summed E-state index contributed by atoms with van der Waals surface area (Å²) in [4.78, 5) is 48.5. The zero-order valence-corrected chi connectivity index (χ0v) is 25.2. The van der Waals surface area contributed by atoms with E-state index < -0.39 is 64.4 Å². The molecule has 5 rings (SSSR count). The molecular formula is C32H34F3N5O5. The fourth-order valence-corrected chi connectivity index (χ4v) is 5.93. The number of nitrogens with zero attached hydrogens (tertiary/aromatic N) is 3. The summed E-state index contributed by atoms with van der Waals surface area (Å²) in [6.45, 7) is 7.60. The maximum absolute atomic E-state index is 14.7. The monoisotopic (exact) mass is 625 g/mol. The molecule has 1 fully saturated rings. The molecule has 1 saturated heterocycles. The van der Waals surface area contributed by atoms with Gasteiger partial charge in [0.1, 0.15) is 40.7 Å². The van der Waals surface area contributed by atoms with E-state index in [4.69, 9.17) is 4.74 Å². The molecule has 2 amide bonds. The fourth-order valence-electron chi connectivity index (χ4n) is 5.93. The molecular weight excluding hydrogens is 591 g/mol. The number of pyridine rings is 2. The van der Waals surface area contributed by atoms with Crippen LogP contribution in [0.3, 0.4) is 0 Å². The van der Waals surface area contributed by atoms with Crippen LogP contribution in [0.2, 0.25) is 0 Å². The van der Waals surface area contributed by atoms with Crippen LogP contribution in [-0.2, 0) is 16.0 Å². The number of alkyl carbamates (subject to hydrolysis) is 1. The number of halogens is 3. The van der Waals surface area contributed by atoms with E-state index in [1.165, 1.54) is 6.20 Å². The van der Waals surface area contributed by atoms with Crippen molar-refractivity contribution in [3.63, 3.8) is 0 Å². The van der Waals surface area contributed by atoms with Crippen LogP contribution >= 0.6 is 0 Å². The van der Waals surface area contributed by atoms with Gasteiger partial charge in [-0.15, -0.1) is 0 Å². The van der Waals surface area contributed by atoms with E-state index in [9.17, 15) is 32.7 Å². The lowest BCUT2D eigenvalue weighted by molar-refractivity contribution is -0.113. The predicted molar refractivity (Wildman–Crippen MR) is 159 cm³/mol. The largest absolute Gasteiger partial charge is 0.444 e. The summed E-state index contributed by atoms with van der Waals surface area (Å²) < 4.78 is 49.0. The Bertz CT molecular complexity index is 1630. The van der Waals surface area contributed by atoms with Crippen LogP contribution in [-0.4, -0.2) is 58.1 Å². The molecule has 238 valence electrons. The Balaban J connectivity index is 1.49. The first kappa shape index (κ1) is 31.9. The van der Waals surface area contributed by atoms with E-state index in [-0.39, 0.29) is 23.8 Å². The average molecular weight is 626 g/mol. The molecule has 0 bridgehead atoms. The number of hydrogen-bond acceptors (Lipinski definition) is 8. The number of amides is 2. The number of ether oxygens (including phenoxy) is 1. The molecule has 3 aromatic rings. The zero-order valence-electron chi connectivity index (χ0n) is 25.2. The Labute approximate surface area is 258 Å². The topological polar surface area (TPSA) is 134 Å². The first-order chi connectivity index (χ1) is 21.3. The standard InChI is InChI=1S/C32H34F3N5O5/c1-16-13-40(14-24(18(16)15-41)39-31(44)45-32(2,3)4)29-17-8-11-25(42)27(17)36-12-23(29)38-30(43)22-10-9-21(35)28(37-22)26-19(33)6-5-7-20(26)34/h5-7,9-10,12,15-16,18,24-25,42H,8,11,13-14H2,1-4H3,(H,38,43)(H,39,44)/t16-,18+,24+,25?/m0/s1. The van der Waals surface area contributed by atoms with Crippen molar-refractivity contribution >= 4 is 29.7 Å². The van der Waals surface area contributed by atoms with Crippen molar-refractivity contribution in [2.45, 2.75) is 58.3 Å². The van der Waals surface area contributed by atoms with Crippen molar-refractivity contribution in [3.8, 4) is 11.3 Å². The molecule has 1 aromatic carbocycles. The highest BCUT2D eigenvalue weighted by molar-refractivity contribution is 6.05. The average Bonchev–Trinajstić information content (AvgIpc) is 3.32. The van der Waals surface area contributed by atoms with Gasteiger partial charge in [0.15, 0.2) is 0 Å². The van der Waals surface area contributed by atoms with Gasteiger partial charge in [0.2, 0.25) is 0 Å². The van der Waals surface area contributed by atoms with Crippen LogP contribution < -0.4 is 15.5 Å². The van der Waals surface area contributed by atoms with Crippen LogP contribution in [0, 0.1) is 29.3 Å². The van der Waals surface area contributed by atoms with Crippen molar-refractivity contribution in [2.24, 2.45) is 11.8 Å². The Hall–Kier alpha value is -4.52. The molecule has 1 aliphatic heterocycles. The number of carbonyl (C=O) groups is 3. The lowest BCUT2D eigenvalue weighted by atomic mass is 9.83. The van der Waals surface area contributed by atoms with Gasteiger partial charge in [0, 0.05) is 24.6 Å². The van der Waals surface area contributed by atoms with Gasteiger partial charge in [-0.2, -0.15) is 0 Å². The van der Waals surface area contributed by atoms with E-state index in [0.29, 0.717) is 36.3 Å². The second-order valence-corrected chi connectivity index (χ2v) is 12.4. The summed E-state index contributed by atoms with van der Waals surface area (Å²) >= 11 is 0. The van der Waals surface area contributed by atoms with Crippen LogP contribution in [0.25, 0.3) is 11.3 Å². The lowest BCUT2D eigenvalue weighted by Gasteiger charge is -2.43. The van der Waals surface area contributed by atoms with Crippen molar-refractivity contribution in [3.05, 3.63) is 70.9 Å². The number of rotatable bonds is 6. The number of aromatic nitrogens is 2. The van der Waals surface area contributed by atoms with Gasteiger partial charge >= 0.3 is 6.09 Å². The molecule has 4 atom stereocenters. The minimum Gasteiger partial charge on any atom is -0.444 e. The number of hydrogen-bond donors (Lipinski definition) is 3. The highest BCUT2D eigenvalue weighted by Crippen LogP contribution is 2.42. The highest BCUT2D eigenvalue weighted by Gasteiger charge is 2.39. The van der Waals surface area contributed by atoms with Crippen LogP contribution in [0.1, 0.15) is 62.0 Å². The molecule has 0 spiro atoms. The Morgan fingerprint density at radius 1 is 1.09 bits per heavy atom. The predicted octanol–water partition coefficient (Wildman–Crippen LogP) is 4.96. The fraction of sp³-hybridized carbons (Fsp3) is 0.406. The first-order valence-corrected chi connectivity index (χ1v) is 14.6. The number of anilines is 2. The summed E-state index contributed by atoms with van der Waals surface area (Å²) in [5.41, 5.74) is -0.505. The van der Waals surface area contributed by atoms with E-state index in [0.717, 1.165) is 36.6 Å². The molecule has 1 aliphatic carbocycles. The van der Waals surface area contributed by atoms with Crippen molar-refractivity contribution in [1.82, 2.24) is 15.3 Å². The number of fused-ring (bicyclic) bond motifs is 1. The third-order valence-corrected chi connectivity index (χ3v) is 7.92. The number of carbonyl (C=O) groups excluding carboxylic acids is 3. The zero-order chi connectivity index (χ0) is 32.6. The summed E-state index contributed by atoms with van der Waals surface area (Å²) in [6.07, 6.45) is 1.55. The van der Waals surface area contributed by atoms with Gasteiger partial charge in [0.25, 0.3) is 5.91 Å². The highest BCUT2D eigenvalue weighted by atomic mass is 19.1. The first-order valence-electron chi connectivity index (χ1n) is 14.6. The summed E-state index contributed by atoms with van der Waals surface area (Å²) in [5.74, 6) is -4.64. The second kappa shape index (κ2) is 12.5. The van der Waals surface area contributed by atoms with Crippen LogP contribution in [0.5, 0.6) is 0 Å².